The minimum absolute atomic E-state index is 0.170. The molecule has 1 heterocycles. The predicted octanol–water partition coefficient (Wildman–Crippen LogP) is 1.57. The lowest BCUT2D eigenvalue weighted by molar-refractivity contribution is -0.147. The average Bonchev–Trinajstić information content (AvgIpc) is 3.24. The van der Waals surface area contributed by atoms with Crippen LogP contribution in [0.3, 0.4) is 0 Å². The predicted molar refractivity (Wildman–Crippen MR) is 105 cm³/mol. The highest BCUT2D eigenvalue weighted by Gasteiger charge is 2.17. The Morgan fingerprint density at radius 1 is 1.10 bits per heavy atom. The second-order valence-corrected chi connectivity index (χ2v) is 6.48. The van der Waals surface area contributed by atoms with Gasteiger partial charge in [-0.1, -0.05) is 12.1 Å². The Hall–Kier alpha value is -3.75. The zero-order chi connectivity index (χ0) is 21.5. The Balaban J connectivity index is 1.40. The largest absolute Gasteiger partial charge is 0.497 e. The van der Waals surface area contributed by atoms with Crippen molar-refractivity contribution in [2.75, 3.05) is 27.1 Å². The fourth-order valence-corrected chi connectivity index (χ4v) is 2.76. The third-order valence-corrected chi connectivity index (χ3v) is 4.36. The van der Waals surface area contributed by atoms with Crippen LogP contribution < -0.4 is 24.8 Å². The minimum Gasteiger partial charge on any atom is -0.497 e. The smallest absolute Gasteiger partial charge is 0.325 e. The van der Waals surface area contributed by atoms with Gasteiger partial charge in [0.2, 0.25) is 6.79 Å². The summed E-state index contributed by atoms with van der Waals surface area (Å²) in [4.78, 5) is 35.9. The Labute approximate surface area is 173 Å². The van der Waals surface area contributed by atoms with Crippen molar-refractivity contribution < 1.29 is 33.3 Å². The van der Waals surface area contributed by atoms with E-state index in [0.717, 1.165) is 5.56 Å². The number of amides is 2. The summed E-state index contributed by atoms with van der Waals surface area (Å²) in [5.74, 6) is 0.156. The fourth-order valence-electron chi connectivity index (χ4n) is 2.76. The molecule has 2 aromatic rings. The first-order valence-corrected chi connectivity index (χ1v) is 9.23. The Morgan fingerprint density at radius 3 is 2.70 bits per heavy atom. The highest BCUT2D eigenvalue weighted by Crippen LogP contribution is 2.34. The molecule has 3 rings (SSSR count). The van der Waals surface area contributed by atoms with Crippen LogP contribution in [0.25, 0.3) is 0 Å². The van der Waals surface area contributed by atoms with E-state index in [0.29, 0.717) is 22.8 Å². The molecule has 0 saturated heterocycles. The molecule has 0 spiro atoms. The van der Waals surface area contributed by atoms with E-state index < -0.39 is 24.4 Å². The van der Waals surface area contributed by atoms with Gasteiger partial charge in [-0.05, 0) is 42.8 Å². The van der Waals surface area contributed by atoms with Crippen LogP contribution in [-0.2, 0) is 14.3 Å². The highest BCUT2D eigenvalue weighted by atomic mass is 16.7. The number of carbonyl (C=O) groups is 3. The topological polar surface area (TPSA) is 112 Å². The Kier molecular flexibility index (Phi) is 6.74. The van der Waals surface area contributed by atoms with E-state index in [9.17, 15) is 14.4 Å². The molecule has 2 aromatic carbocycles. The second-order valence-electron chi connectivity index (χ2n) is 6.48. The summed E-state index contributed by atoms with van der Waals surface area (Å²) >= 11 is 0. The second kappa shape index (κ2) is 9.64. The van der Waals surface area contributed by atoms with Crippen LogP contribution in [0.5, 0.6) is 17.2 Å². The molecule has 0 saturated carbocycles. The maximum atomic E-state index is 12.1. The summed E-state index contributed by atoms with van der Waals surface area (Å²) in [6.45, 7) is 1.15. The maximum Gasteiger partial charge on any atom is 0.325 e. The summed E-state index contributed by atoms with van der Waals surface area (Å²) in [7, 11) is 1.49. The van der Waals surface area contributed by atoms with Crippen molar-refractivity contribution in [3.8, 4) is 17.2 Å². The van der Waals surface area contributed by atoms with Gasteiger partial charge in [0.15, 0.2) is 18.1 Å². The Morgan fingerprint density at radius 2 is 1.90 bits per heavy atom. The summed E-state index contributed by atoms with van der Waals surface area (Å²) in [5.41, 5.74) is 1.17. The first-order chi connectivity index (χ1) is 14.5. The van der Waals surface area contributed by atoms with Crippen LogP contribution in [0.15, 0.2) is 42.5 Å². The van der Waals surface area contributed by atoms with Gasteiger partial charge >= 0.3 is 5.97 Å². The number of esters is 1. The molecule has 1 atom stereocenters. The normalized spacial score (nSPS) is 12.6. The van der Waals surface area contributed by atoms with Crippen molar-refractivity contribution >= 4 is 17.8 Å². The van der Waals surface area contributed by atoms with Crippen LogP contribution in [0.4, 0.5) is 0 Å². The monoisotopic (exact) mass is 414 g/mol. The quantitative estimate of drug-likeness (QED) is 0.631. The van der Waals surface area contributed by atoms with Gasteiger partial charge in [-0.3, -0.25) is 14.4 Å². The molecule has 0 aromatic heterocycles. The maximum absolute atomic E-state index is 12.1. The van der Waals surface area contributed by atoms with Gasteiger partial charge in [0.1, 0.15) is 12.3 Å². The van der Waals surface area contributed by atoms with Crippen LogP contribution in [-0.4, -0.2) is 44.8 Å². The molecule has 1 aliphatic heterocycles. The number of benzene rings is 2. The first-order valence-electron chi connectivity index (χ1n) is 9.23. The van der Waals surface area contributed by atoms with Crippen molar-refractivity contribution in [3.05, 3.63) is 53.6 Å². The van der Waals surface area contributed by atoms with E-state index in [4.69, 9.17) is 18.9 Å². The third kappa shape index (κ3) is 5.40. The average molecular weight is 414 g/mol. The van der Waals surface area contributed by atoms with Crippen molar-refractivity contribution in [1.29, 1.82) is 0 Å². The van der Waals surface area contributed by atoms with Gasteiger partial charge in [-0.2, -0.15) is 0 Å². The van der Waals surface area contributed by atoms with Gasteiger partial charge in [0, 0.05) is 5.56 Å². The molecule has 2 N–H and O–H groups in total. The molecule has 1 aliphatic rings. The highest BCUT2D eigenvalue weighted by molar-refractivity contribution is 5.96. The number of carbonyl (C=O) groups excluding carboxylic acids is 3. The number of methoxy groups -OCH3 is 1. The Bertz CT molecular complexity index is 945. The molecular weight excluding hydrogens is 392 g/mol. The van der Waals surface area contributed by atoms with E-state index in [-0.39, 0.29) is 19.4 Å². The zero-order valence-electron chi connectivity index (χ0n) is 16.6. The van der Waals surface area contributed by atoms with Gasteiger partial charge in [-0.25, -0.2) is 0 Å². The SMILES string of the molecule is COc1cccc(C(=O)NCC(=O)OCC(=O)N[C@H](C)c2ccc3c(c2)OCO3)c1. The molecule has 0 fully saturated rings. The molecule has 30 heavy (non-hydrogen) atoms. The lowest BCUT2D eigenvalue weighted by atomic mass is 10.1. The van der Waals surface area contributed by atoms with E-state index in [2.05, 4.69) is 10.6 Å². The molecule has 0 aliphatic carbocycles. The molecular formula is C21H22N2O7. The number of hydrogen-bond donors (Lipinski definition) is 2. The molecule has 0 bridgehead atoms. The van der Waals surface area contributed by atoms with Crippen LogP contribution in [0.2, 0.25) is 0 Å². The summed E-state index contributed by atoms with van der Waals surface area (Å²) in [6.07, 6.45) is 0. The minimum atomic E-state index is -0.725. The number of nitrogens with one attached hydrogen (secondary N) is 2. The molecule has 0 radical (unpaired) electrons. The summed E-state index contributed by atoms with van der Waals surface area (Å²) in [5, 5.41) is 5.17. The van der Waals surface area contributed by atoms with Crippen molar-refractivity contribution in [2.24, 2.45) is 0 Å². The van der Waals surface area contributed by atoms with Crippen LogP contribution >= 0.6 is 0 Å². The van der Waals surface area contributed by atoms with Gasteiger partial charge in [0.25, 0.3) is 11.8 Å². The zero-order valence-corrected chi connectivity index (χ0v) is 16.6. The number of rotatable bonds is 8. The van der Waals surface area contributed by atoms with Gasteiger partial charge in [0.05, 0.1) is 13.2 Å². The lowest BCUT2D eigenvalue weighted by Crippen LogP contribution is -2.34. The van der Waals surface area contributed by atoms with Crippen molar-refractivity contribution in [1.82, 2.24) is 10.6 Å². The van der Waals surface area contributed by atoms with E-state index in [1.54, 1.807) is 43.3 Å². The van der Waals surface area contributed by atoms with E-state index in [1.807, 2.05) is 6.07 Å². The van der Waals surface area contributed by atoms with Crippen LogP contribution in [0, 0.1) is 0 Å². The summed E-state index contributed by atoms with van der Waals surface area (Å²) in [6, 6.07) is 11.6. The number of hydrogen-bond acceptors (Lipinski definition) is 7. The third-order valence-electron chi connectivity index (χ3n) is 4.36. The first kappa shape index (κ1) is 21.0. The fraction of sp³-hybridized carbons (Fsp3) is 0.286. The van der Waals surface area contributed by atoms with Crippen molar-refractivity contribution in [3.63, 3.8) is 0 Å². The standard InChI is InChI=1S/C21H22N2O7/c1-13(14-6-7-17-18(9-14)30-12-29-17)23-19(24)11-28-20(25)10-22-21(26)15-4-3-5-16(8-15)27-2/h3-9,13H,10-12H2,1-2H3,(H,22,26)(H,23,24)/t13-/m1/s1. The number of ether oxygens (including phenoxy) is 4. The van der Waals surface area contributed by atoms with Gasteiger partial charge < -0.3 is 29.6 Å². The van der Waals surface area contributed by atoms with Crippen molar-refractivity contribution in [2.45, 2.75) is 13.0 Å². The molecule has 0 unspecified atom stereocenters. The lowest BCUT2D eigenvalue weighted by Gasteiger charge is -2.15. The number of fused-ring (bicyclic) bond motifs is 1. The summed E-state index contributed by atoms with van der Waals surface area (Å²) < 4.78 is 20.5. The van der Waals surface area contributed by atoms with E-state index >= 15 is 0 Å². The van der Waals surface area contributed by atoms with Gasteiger partial charge in [-0.15, -0.1) is 0 Å². The van der Waals surface area contributed by atoms with Crippen LogP contribution in [0.1, 0.15) is 28.9 Å². The molecule has 158 valence electrons. The molecule has 9 nitrogen and oxygen atoms in total. The van der Waals surface area contributed by atoms with E-state index in [1.165, 1.54) is 7.11 Å². The molecule has 9 heteroatoms. The molecule has 2 amide bonds.